The second kappa shape index (κ2) is 6.44. The molecule has 4 aliphatic rings. The van der Waals surface area contributed by atoms with Crippen LogP contribution in [0.15, 0.2) is 24.3 Å². The van der Waals surface area contributed by atoms with E-state index in [4.69, 9.17) is 4.74 Å². The molecule has 0 radical (unpaired) electrons. The van der Waals surface area contributed by atoms with Crippen molar-refractivity contribution in [1.29, 1.82) is 0 Å². The average molecular weight is 368 g/mol. The van der Waals surface area contributed by atoms with Crippen LogP contribution in [0, 0.1) is 23.7 Å². The molecule has 142 valence electrons. The summed E-state index contributed by atoms with van der Waals surface area (Å²) in [6.45, 7) is 1.27. The minimum absolute atomic E-state index is 0.0483. The molecule has 4 fully saturated rings. The lowest BCUT2D eigenvalue weighted by atomic mass is 9.81. The minimum atomic E-state index is -0.161. The molecule has 1 aromatic carbocycles. The number of nitrogens with zero attached hydrogens (tertiary/aromatic N) is 1. The first kappa shape index (κ1) is 16.9. The van der Waals surface area contributed by atoms with Gasteiger partial charge in [0.15, 0.2) is 0 Å². The highest BCUT2D eigenvalue weighted by Gasteiger charge is 2.61. The summed E-state index contributed by atoms with van der Waals surface area (Å²) in [6, 6.07) is 6.78. The van der Waals surface area contributed by atoms with Gasteiger partial charge < -0.3 is 10.1 Å². The van der Waals surface area contributed by atoms with E-state index in [0.29, 0.717) is 29.6 Å². The molecule has 1 aromatic rings. The van der Waals surface area contributed by atoms with E-state index in [-0.39, 0.29) is 35.7 Å². The number of nitrogens with one attached hydrogen (secondary N) is 1. The third kappa shape index (κ3) is 2.69. The Labute approximate surface area is 158 Å². The van der Waals surface area contributed by atoms with Crippen molar-refractivity contribution in [3.8, 4) is 0 Å². The van der Waals surface area contributed by atoms with Crippen LogP contribution in [0.25, 0.3) is 0 Å². The number of amides is 3. The highest BCUT2D eigenvalue weighted by Crippen LogP contribution is 2.56. The highest BCUT2D eigenvalue weighted by atomic mass is 16.5. The minimum Gasteiger partial charge on any atom is -0.376 e. The lowest BCUT2D eigenvalue weighted by Crippen LogP contribution is -2.33. The van der Waals surface area contributed by atoms with E-state index in [2.05, 4.69) is 5.32 Å². The number of hydrogen-bond donors (Lipinski definition) is 1. The summed E-state index contributed by atoms with van der Waals surface area (Å²) in [7, 11) is 0. The van der Waals surface area contributed by atoms with Gasteiger partial charge in [0.1, 0.15) is 0 Å². The predicted molar refractivity (Wildman–Crippen MR) is 98.1 cm³/mol. The van der Waals surface area contributed by atoms with E-state index in [9.17, 15) is 14.4 Å². The summed E-state index contributed by atoms with van der Waals surface area (Å²) in [6.07, 6.45) is 5.29. The molecule has 1 N–H and O–H groups in total. The summed E-state index contributed by atoms with van der Waals surface area (Å²) >= 11 is 0. The van der Waals surface area contributed by atoms with E-state index in [1.54, 1.807) is 24.3 Å². The number of benzene rings is 1. The van der Waals surface area contributed by atoms with E-state index >= 15 is 0 Å². The Morgan fingerprint density at radius 3 is 2.30 bits per heavy atom. The number of rotatable bonds is 4. The summed E-state index contributed by atoms with van der Waals surface area (Å²) in [5, 5.41) is 2.89. The number of anilines is 1. The summed E-state index contributed by atoms with van der Waals surface area (Å²) in [5.74, 6) is 0.261. The maximum Gasteiger partial charge on any atom is 0.251 e. The van der Waals surface area contributed by atoms with Gasteiger partial charge in [-0.2, -0.15) is 0 Å². The van der Waals surface area contributed by atoms with Crippen molar-refractivity contribution >= 4 is 23.4 Å². The van der Waals surface area contributed by atoms with Crippen molar-refractivity contribution < 1.29 is 19.1 Å². The first-order chi connectivity index (χ1) is 13.1. The van der Waals surface area contributed by atoms with Gasteiger partial charge >= 0.3 is 0 Å². The molecule has 2 saturated heterocycles. The van der Waals surface area contributed by atoms with Crippen LogP contribution in [0.5, 0.6) is 0 Å². The summed E-state index contributed by atoms with van der Waals surface area (Å²) < 4.78 is 5.51. The standard InChI is InChI=1S/C21H24N2O4/c24-19(22-11-16-2-1-9-27-16)12-5-7-15(8-6-12)23-20(25)17-13-3-4-14(10-13)18(17)21(23)26/h5-8,13-14,16-18H,1-4,9-11H2,(H,22,24)/t13-,14-,16-,17+,18+/m0/s1. The largest absolute Gasteiger partial charge is 0.376 e. The highest BCUT2D eigenvalue weighted by molar-refractivity contribution is 6.22. The van der Waals surface area contributed by atoms with Gasteiger partial charge in [0.2, 0.25) is 11.8 Å². The van der Waals surface area contributed by atoms with Crippen LogP contribution < -0.4 is 10.2 Å². The topological polar surface area (TPSA) is 75.7 Å². The molecule has 3 amide bonds. The molecule has 2 bridgehead atoms. The van der Waals surface area contributed by atoms with Crippen LogP contribution in [0.4, 0.5) is 5.69 Å². The number of carbonyl (C=O) groups excluding carboxylic acids is 3. The van der Waals surface area contributed by atoms with Crippen LogP contribution in [0.1, 0.15) is 42.5 Å². The number of imide groups is 1. The molecule has 2 heterocycles. The average Bonchev–Trinajstić information content (AvgIpc) is 3.45. The van der Waals surface area contributed by atoms with Crippen LogP contribution in [-0.2, 0) is 14.3 Å². The second-order valence-electron chi connectivity index (χ2n) is 8.29. The fourth-order valence-corrected chi connectivity index (χ4v) is 5.54. The smallest absolute Gasteiger partial charge is 0.251 e. The Balaban J connectivity index is 1.28. The Kier molecular flexibility index (Phi) is 4.04. The van der Waals surface area contributed by atoms with Gasteiger partial charge in [0, 0.05) is 18.7 Å². The van der Waals surface area contributed by atoms with E-state index in [1.165, 1.54) is 4.90 Å². The number of hydrogen-bond acceptors (Lipinski definition) is 4. The third-order valence-electron chi connectivity index (χ3n) is 6.83. The molecule has 6 nitrogen and oxygen atoms in total. The van der Waals surface area contributed by atoms with Crippen molar-refractivity contribution in [2.75, 3.05) is 18.1 Å². The van der Waals surface area contributed by atoms with Crippen LogP contribution in [-0.4, -0.2) is 37.0 Å². The summed E-state index contributed by atoms with van der Waals surface area (Å²) in [5.41, 5.74) is 1.10. The molecule has 2 aliphatic heterocycles. The quantitative estimate of drug-likeness (QED) is 0.826. The maximum absolute atomic E-state index is 12.9. The van der Waals surface area contributed by atoms with Gasteiger partial charge in [-0.1, -0.05) is 0 Å². The van der Waals surface area contributed by atoms with Crippen molar-refractivity contribution in [2.45, 2.75) is 38.2 Å². The molecular formula is C21H24N2O4. The number of carbonyl (C=O) groups is 3. The molecular weight excluding hydrogens is 344 g/mol. The Bertz CT molecular complexity index is 756. The fraction of sp³-hybridized carbons (Fsp3) is 0.571. The Morgan fingerprint density at radius 2 is 1.70 bits per heavy atom. The van der Waals surface area contributed by atoms with Crippen molar-refractivity contribution in [3.63, 3.8) is 0 Å². The van der Waals surface area contributed by atoms with Crippen LogP contribution in [0.3, 0.4) is 0 Å². The van der Waals surface area contributed by atoms with Gasteiger partial charge in [-0.25, -0.2) is 0 Å². The monoisotopic (exact) mass is 368 g/mol. The SMILES string of the molecule is O=C(NC[C@@H]1CCCO1)c1ccc(N2C(=O)[C@@H]3[C@H]4CC[C@@H](C4)[C@H]3C2=O)cc1. The van der Waals surface area contributed by atoms with Crippen molar-refractivity contribution in [2.24, 2.45) is 23.7 Å². The number of ether oxygens (including phenoxy) is 1. The van der Waals surface area contributed by atoms with Gasteiger partial charge in [-0.3, -0.25) is 19.3 Å². The zero-order chi connectivity index (χ0) is 18.5. The molecule has 5 rings (SSSR count). The summed E-state index contributed by atoms with van der Waals surface area (Å²) in [4.78, 5) is 39.4. The maximum atomic E-state index is 12.9. The van der Waals surface area contributed by atoms with Gasteiger partial charge in [-0.15, -0.1) is 0 Å². The lowest BCUT2D eigenvalue weighted by molar-refractivity contribution is -0.123. The zero-order valence-electron chi connectivity index (χ0n) is 15.2. The van der Waals surface area contributed by atoms with E-state index < -0.39 is 0 Å². The normalized spacial score (nSPS) is 34.4. The van der Waals surface area contributed by atoms with Crippen molar-refractivity contribution in [3.05, 3.63) is 29.8 Å². The molecule has 27 heavy (non-hydrogen) atoms. The van der Waals surface area contributed by atoms with Crippen LogP contribution >= 0.6 is 0 Å². The Hall–Kier alpha value is -2.21. The second-order valence-corrected chi connectivity index (χ2v) is 8.29. The molecule has 2 saturated carbocycles. The zero-order valence-corrected chi connectivity index (χ0v) is 15.2. The molecule has 0 spiro atoms. The first-order valence-electron chi connectivity index (χ1n) is 10.0. The van der Waals surface area contributed by atoms with E-state index in [1.807, 2.05) is 0 Å². The third-order valence-corrected chi connectivity index (χ3v) is 6.83. The molecule has 0 aromatic heterocycles. The van der Waals surface area contributed by atoms with Crippen molar-refractivity contribution in [1.82, 2.24) is 5.32 Å². The van der Waals surface area contributed by atoms with E-state index in [0.717, 1.165) is 38.7 Å². The molecule has 6 heteroatoms. The van der Waals surface area contributed by atoms with Gasteiger partial charge in [0.25, 0.3) is 5.91 Å². The Morgan fingerprint density at radius 1 is 1.04 bits per heavy atom. The molecule has 5 atom stereocenters. The molecule has 0 unspecified atom stereocenters. The fourth-order valence-electron chi connectivity index (χ4n) is 5.54. The number of fused-ring (bicyclic) bond motifs is 5. The first-order valence-corrected chi connectivity index (χ1v) is 10.0. The predicted octanol–water partition coefficient (Wildman–Crippen LogP) is 2.13. The van der Waals surface area contributed by atoms with Gasteiger partial charge in [-0.05, 0) is 68.2 Å². The van der Waals surface area contributed by atoms with Gasteiger partial charge in [0.05, 0.1) is 23.6 Å². The molecule has 2 aliphatic carbocycles. The lowest BCUT2D eigenvalue weighted by Gasteiger charge is -2.19. The van der Waals surface area contributed by atoms with Crippen LogP contribution in [0.2, 0.25) is 0 Å².